The number of ether oxygens (including phenoxy) is 2. The molecule has 0 amide bonds. The number of esters is 1. The molecule has 2 atom stereocenters. The second kappa shape index (κ2) is 11.4. The third-order valence-electron chi connectivity index (χ3n) is 8.67. The standard InChI is InChI=1S/C33H41N5O4/c1-19(2)28-18-38(17-25-27(42-28)13-14-29(39)34-25)16-23-15-22(10-9-20(23)3)30(33(5,6)32(40)41-8)24-11-12-26-31(21(24)4)35-36-37(26)7/h9-15,19,28,30H,16-18H2,1-8H3,(H,34,39)/t28-,30?/m0/s1. The maximum absolute atomic E-state index is 13.2. The monoisotopic (exact) mass is 571 g/mol. The van der Waals surface area contributed by atoms with Gasteiger partial charge < -0.3 is 14.6 Å². The van der Waals surface area contributed by atoms with Crippen LogP contribution in [0.2, 0.25) is 0 Å². The van der Waals surface area contributed by atoms with E-state index >= 15 is 0 Å². The smallest absolute Gasteiger partial charge is 0.312 e. The molecule has 1 aliphatic rings. The molecule has 9 heteroatoms. The molecule has 4 aromatic rings. The first-order valence-electron chi connectivity index (χ1n) is 14.4. The van der Waals surface area contributed by atoms with Crippen LogP contribution in [0.5, 0.6) is 11.6 Å². The second-order valence-electron chi connectivity index (χ2n) is 12.4. The van der Waals surface area contributed by atoms with Crippen molar-refractivity contribution in [3.8, 4) is 11.6 Å². The van der Waals surface area contributed by atoms with E-state index in [1.807, 2.05) is 33.9 Å². The molecule has 2 aromatic heterocycles. The summed E-state index contributed by atoms with van der Waals surface area (Å²) in [5, 5.41) is 18.7. The van der Waals surface area contributed by atoms with E-state index in [4.69, 9.17) is 9.47 Å². The first-order valence-corrected chi connectivity index (χ1v) is 14.4. The van der Waals surface area contributed by atoms with Crippen molar-refractivity contribution in [3.63, 3.8) is 0 Å². The van der Waals surface area contributed by atoms with Crippen molar-refractivity contribution in [1.29, 1.82) is 0 Å². The van der Waals surface area contributed by atoms with Crippen LogP contribution in [0.15, 0.2) is 42.5 Å². The van der Waals surface area contributed by atoms with E-state index in [2.05, 4.69) is 65.2 Å². The fraction of sp³-hybridized carbons (Fsp3) is 0.455. The minimum Gasteiger partial charge on any atom is -0.493 e. The van der Waals surface area contributed by atoms with E-state index in [0.29, 0.717) is 24.8 Å². The topological polar surface area (TPSA) is 103 Å². The van der Waals surface area contributed by atoms with Gasteiger partial charge in [0.15, 0.2) is 0 Å². The number of nitrogens with zero attached hydrogens (tertiary/aromatic N) is 5. The molecule has 0 saturated heterocycles. The van der Waals surface area contributed by atoms with Crippen molar-refractivity contribution >= 4 is 17.0 Å². The number of fused-ring (bicyclic) bond motifs is 2. The van der Waals surface area contributed by atoms with Gasteiger partial charge in [0.25, 0.3) is 0 Å². The lowest BCUT2D eigenvalue weighted by atomic mass is 9.69. The third kappa shape index (κ3) is 5.45. The van der Waals surface area contributed by atoms with Gasteiger partial charge in [-0.1, -0.05) is 43.3 Å². The number of aromatic nitrogens is 4. The Hall–Kier alpha value is -3.98. The number of hydrogen-bond donors (Lipinski definition) is 1. The van der Waals surface area contributed by atoms with Crippen molar-refractivity contribution in [1.82, 2.24) is 24.9 Å². The van der Waals surface area contributed by atoms with Crippen molar-refractivity contribution < 1.29 is 19.4 Å². The summed E-state index contributed by atoms with van der Waals surface area (Å²) in [5.41, 5.74) is 6.99. The molecule has 0 radical (unpaired) electrons. The van der Waals surface area contributed by atoms with Crippen LogP contribution in [-0.4, -0.2) is 55.7 Å². The molecular formula is C33H41N5O4. The van der Waals surface area contributed by atoms with Gasteiger partial charge in [-0.05, 0) is 73.6 Å². The highest BCUT2D eigenvalue weighted by Crippen LogP contribution is 2.44. The molecule has 42 heavy (non-hydrogen) atoms. The quantitative estimate of drug-likeness (QED) is 0.293. The van der Waals surface area contributed by atoms with Gasteiger partial charge in [-0.25, -0.2) is 9.67 Å². The van der Waals surface area contributed by atoms with Crippen molar-refractivity contribution in [2.75, 3.05) is 13.7 Å². The van der Waals surface area contributed by atoms with Crippen LogP contribution in [0, 0.1) is 25.2 Å². The molecule has 0 aliphatic carbocycles. The third-order valence-corrected chi connectivity index (χ3v) is 8.67. The van der Waals surface area contributed by atoms with E-state index in [9.17, 15) is 9.90 Å². The van der Waals surface area contributed by atoms with Crippen LogP contribution in [0.3, 0.4) is 0 Å². The normalized spacial score (nSPS) is 16.6. The van der Waals surface area contributed by atoms with Crippen LogP contribution in [0.25, 0.3) is 11.0 Å². The molecular weight excluding hydrogens is 530 g/mol. The highest BCUT2D eigenvalue weighted by atomic mass is 16.5. The van der Waals surface area contributed by atoms with Gasteiger partial charge in [-0.15, -0.1) is 5.10 Å². The number of methoxy groups -OCH3 is 1. The lowest BCUT2D eigenvalue weighted by molar-refractivity contribution is -0.151. The molecule has 2 aromatic carbocycles. The molecule has 5 rings (SSSR count). The summed E-state index contributed by atoms with van der Waals surface area (Å²) in [7, 11) is 3.32. The van der Waals surface area contributed by atoms with E-state index in [0.717, 1.165) is 51.1 Å². The summed E-state index contributed by atoms with van der Waals surface area (Å²) < 4.78 is 13.4. The number of pyridine rings is 1. The predicted molar refractivity (Wildman–Crippen MR) is 161 cm³/mol. The Labute approximate surface area is 247 Å². The molecule has 3 heterocycles. The summed E-state index contributed by atoms with van der Waals surface area (Å²) >= 11 is 0. The Balaban J connectivity index is 1.58. The Bertz CT molecular complexity index is 1630. The van der Waals surface area contributed by atoms with Crippen LogP contribution in [0.1, 0.15) is 67.1 Å². The number of aromatic hydroxyl groups is 1. The zero-order valence-electron chi connectivity index (χ0n) is 25.8. The van der Waals surface area contributed by atoms with Crippen molar-refractivity contribution in [2.24, 2.45) is 18.4 Å². The zero-order chi connectivity index (χ0) is 30.3. The molecule has 0 bridgehead atoms. The number of rotatable bonds is 7. The molecule has 0 fully saturated rings. The van der Waals surface area contributed by atoms with Gasteiger partial charge in [-0.2, -0.15) is 0 Å². The van der Waals surface area contributed by atoms with Gasteiger partial charge in [0, 0.05) is 38.7 Å². The highest BCUT2D eigenvalue weighted by molar-refractivity contribution is 5.82. The first kappa shape index (κ1) is 29.5. The molecule has 1 N–H and O–H groups in total. The van der Waals surface area contributed by atoms with Gasteiger partial charge in [0.2, 0.25) is 5.88 Å². The molecule has 1 unspecified atom stereocenters. The molecule has 0 saturated carbocycles. The maximum atomic E-state index is 13.2. The van der Waals surface area contributed by atoms with Crippen LogP contribution >= 0.6 is 0 Å². The zero-order valence-corrected chi connectivity index (χ0v) is 25.8. The van der Waals surface area contributed by atoms with Crippen LogP contribution < -0.4 is 4.74 Å². The fourth-order valence-corrected chi connectivity index (χ4v) is 6.11. The van der Waals surface area contributed by atoms with E-state index in [1.54, 1.807) is 16.8 Å². The van der Waals surface area contributed by atoms with Gasteiger partial charge >= 0.3 is 5.97 Å². The molecule has 9 nitrogen and oxygen atoms in total. The highest BCUT2D eigenvalue weighted by Gasteiger charge is 2.41. The summed E-state index contributed by atoms with van der Waals surface area (Å²) in [5.74, 6) is 0.436. The summed E-state index contributed by atoms with van der Waals surface area (Å²) in [4.78, 5) is 20.0. The van der Waals surface area contributed by atoms with Crippen LogP contribution in [-0.2, 0) is 29.7 Å². The molecule has 1 aliphatic heterocycles. The number of carbonyl (C=O) groups is 1. The van der Waals surface area contributed by atoms with E-state index in [1.165, 1.54) is 7.11 Å². The van der Waals surface area contributed by atoms with E-state index < -0.39 is 5.41 Å². The number of carbonyl (C=O) groups excluding carboxylic acids is 1. The van der Waals surface area contributed by atoms with Crippen LogP contribution in [0.4, 0.5) is 0 Å². The van der Waals surface area contributed by atoms with Crippen molar-refractivity contribution in [2.45, 2.75) is 66.7 Å². The molecule has 0 spiro atoms. The lowest BCUT2D eigenvalue weighted by Crippen LogP contribution is -2.36. The minimum atomic E-state index is -0.860. The Morgan fingerprint density at radius 1 is 1.17 bits per heavy atom. The van der Waals surface area contributed by atoms with Gasteiger partial charge in [0.1, 0.15) is 23.1 Å². The number of aryl methyl sites for hydroxylation is 3. The largest absolute Gasteiger partial charge is 0.493 e. The van der Waals surface area contributed by atoms with E-state index in [-0.39, 0.29) is 23.9 Å². The predicted octanol–water partition coefficient (Wildman–Crippen LogP) is 5.44. The number of hydrogen-bond acceptors (Lipinski definition) is 8. The van der Waals surface area contributed by atoms with Gasteiger partial charge in [-0.3, -0.25) is 9.69 Å². The summed E-state index contributed by atoms with van der Waals surface area (Å²) in [6.45, 7) is 14.3. The molecule has 222 valence electrons. The van der Waals surface area contributed by atoms with Crippen molar-refractivity contribution in [3.05, 3.63) is 76.0 Å². The average Bonchev–Trinajstić information content (AvgIpc) is 3.22. The average molecular weight is 572 g/mol. The lowest BCUT2D eigenvalue weighted by Gasteiger charge is -2.34. The summed E-state index contributed by atoms with van der Waals surface area (Å²) in [6.07, 6.45) is -0.0200. The maximum Gasteiger partial charge on any atom is 0.312 e. The second-order valence-corrected chi connectivity index (χ2v) is 12.4. The fourth-order valence-electron chi connectivity index (χ4n) is 6.11. The Morgan fingerprint density at radius 2 is 1.93 bits per heavy atom. The Morgan fingerprint density at radius 3 is 2.64 bits per heavy atom. The SMILES string of the molecule is COC(=O)C(C)(C)C(c1ccc(C)c(CN2Cc3nc(O)ccc3O[C@H](C(C)C)C2)c1)c1ccc2c(nnn2C)c1C. The number of benzene rings is 2. The Kier molecular flexibility index (Phi) is 7.98. The first-order chi connectivity index (χ1) is 19.9. The summed E-state index contributed by atoms with van der Waals surface area (Å²) in [6, 6.07) is 14.0. The van der Waals surface area contributed by atoms with Gasteiger partial charge in [0.05, 0.1) is 18.0 Å². The minimum absolute atomic E-state index is 0.0122.